The molecule has 0 amide bonds. The van der Waals surface area contributed by atoms with Crippen molar-refractivity contribution in [2.45, 2.75) is 0 Å². The number of aromatic nitrogens is 2. The van der Waals surface area contributed by atoms with E-state index >= 15 is 0 Å². The molecular formula is C12H8N2O4. The Hall–Kier alpha value is -2.76. The van der Waals surface area contributed by atoms with Crippen LogP contribution in [0.25, 0.3) is 0 Å². The predicted molar refractivity (Wildman–Crippen MR) is 60.4 cm³/mol. The molecule has 0 aliphatic heterocycles. The van der Waals surface area contributed by atoms with E-state index in [1.54, 1.807) is 18.2 Å². The summed E-state index contributed by atoms with van der Waals surface area (Å²) in [6.07, 6.45) is 2.79. The van der Waals surface area contributed by atoms with Gasteiger partial charge >= 0.3 is 11.9 Å². The van der Waals surface area contributed by atoms with Crippen LogP contribution < -0.4 is 4.74 Å². The van der Waals surface area contributed by atoms with Crippen molar-refractivity contribution in [3.8, 4) is 5.75 Å². The molecule has 90 valence electrons. The van der Waals surface area contributed by atoms with Crippen molar-refractivity contribution in [3.63, 3.8) is 0 Å². The molecule has 1 heterocycles. The lowest BCUT2D eigenvalue weighted by molar-refractivity contribution is 0.0678. The molecule has 1 N–H and O–H groups in total. The van der Waals surface area contributed by atoms with Crippen LogP contribution in [0.4, 0.5) is 0 Å². The standard InChI is InChI=1S/C12H8N2O4/c15-11(16)8-4-1-2-5-9(8)18-12(17)10-13-6-3-7-14-10/h1-7H,(H,15,16). The Labute approximate surface area is 102 Å². The summed E-state index contributed by atoms with van der Waals surface area (Å²) in [6.45, 7) is 0. The summed E-state index contributed by atoms with van der Waals surface area (Å²) in [6, 6.07) is 7.41. The molecule has 0 bridgehead atoms. The maximum Gasteiger partial charge on any atom is 0.381 e. The second-order valence-electron chi connectivity index (χ2n) is 3.26. The third-order valence-corrected chi connectivity index (χ3v) is 2.07. The highest BCUT2D eigenvalue weighted by Gasteiger charge is 2.16. The zero-order valence-electron chi connectivity index (χ0n) is 9.11. The quantitative estimate of drug-likeness (QED) is 0.648. The summed E-state index contributed by atoms with van der Waals surface area (Å²) < 4.78 is 4.95. The highest BCUT2D eigenvalue weighted by molar-refractivity contribution is 5.93. The van der Waals surface area contributed by atoms with Crippen molar-refractivity contribution in [1.82, 2.24) is 9.97 Å². The molecule has 0 unspecified atom stereocenters. The van der Waals surface area contributed by atoms with Crippen molar-refractivity contribution in [1.29, 1.82) is 0 Å². The predicted octanol–water partition coefficient (Wildman–Crippen LogP) is 1.39. The summed E-state index contributed by atoms with van der Waals surface area (Å²) in [4.78, 5) is 30.0. The van der Waals surface area contributed by atoms with Crippen molar-refractivity contribution in [2.75, 3.05) is 0 Å². The van der Waals surface area contributed by atoms with Crippen LogP contribution in [0, 0.1) is 0 Å². The second-order valence-corrected chi connectivity index (χ2v) is 3.26. The van der Waals surface area contributed by atoms with E-state index in [0.29, 0.717) is 0 Å². The summed E-state index contributed by atoms with van der Waals surface area (Å²) in [5, 5.41) is 8.93. The maximum absolute atomic E-state index is 11.6. The third kappa shape index (κ3) is 2.49. The topological polar surface area (TPSA) is 89.4 Å². The average molecular weight is 244 g/mol. The lowest BCUT2D eigenvalue weighted by Crippen LogP contribution is -2.14. The molecule has 6 heteroatoms. The number of esters is 1. The number of benzene rings is 1. The van der Waals surface area contributed by atoms with Crippen LogP contribution in [0.1, 0.15) is 21.0 Å². The number of ether oxygens (including phenoxy) is 1. The summed E-state index contributed by atoms with van der Waals surface area (Å²) >= 11 is 0. The van der Waals surface area contributed by atoms with Crippen molar-refractivity contribution in [2.24, 2.45) is 0 Å². The van der Waals surface area contributed by atoms with E-state index in [4.69, 9.17) is 9.84 Å². The fourth-order valence-electron chi connectivity index (χ4n) is 1.28. The van der Waals surface area contributed by atoms with Crippen molar-refractivity contribution >= 4 is 11.9 Å². The van der Waals surface area contributed by atoms with Gasteiger partial charge in [0.05, 0.1) is 0 Å². The highest BCUT2D eigenvalue weighted by Crippen LogP contribution is 2.18. The van der Waals surface area contributed by atoms with Gasteiger partial charge in [-0.2, -0.15) is 0 Å². The molecule has 0 aliphatic carbocycles. The van der Waals surface area contributed by atoms with E-state index in [1.807, 2.05) is 0 Å². The number of hydrogen-bond donors (Lipinski definition) is 1. The van der Waals surface area contributed by atoms with Gasteiger partial charge in [0.1, 0.15) is 11.3 Å². The smallest absolute Gasteiger partial charge is 0.381 e. The number of carbonyl (C=O) groups is 2. The first-order valence-corrected chi connectivity index (χ1v) is 5.00. The number of aromatic carboxylic acids is 1. The van der Waals surface area contributed by atoms with Gasteiger partial charge in [-0.1, -0.05) is 12.1 Å². The Morgan fingerprint density at radius 3 is 2.39 bits per heavy atom. The van der Waals surface area contributed by atoms with E-state index in [2.05, 4.69) is 9.97 Å². The summed E-state index contributed by atoms with van der Waals surface area (Å²) in [5.74, 6) is -2.14. The van der Waals surface area contributed by atoms with Crippen LogP contribution in [0.2, 0.25) is 0 Å². The van der Waals surface area contributed by atoms with E-state index < -0.39 is 11.9 Å². The Balaban J connectivity index is 2.25. The molecule has 0 radical (unpaired) electrons. The fourth-order valence-corrected chi connectivity index (χ4v) is 1.28. The van der Waals surface area contributed by atoms with Gasteiger partial charge in [-0.05, 0) is 18.2 Å². The molecule has 1 aromatic heterocycles. The molecule has 0 saturated heterocycles. The molecule has 18 heavy (non-hydrogen) atoms. The number of nitrogens with zero attached hydrogens (tertiary/aromatic N) is 2. The minimum absolute atomic E-state index is 0.0394. The lowest BCUT2D eigenvalue weighted by Gasteiger charge is -2.05. The number of para-hydroxylation sites is 1. The Bertz CT molecular complexity index is 584. The molecule has 6 nitrogen and oxygen atoms in total. The third-order valence-electron chi connectivity index (χ3n) is 2.07. The van der Waals surface area contributed by atoms with Gasteiger partial charge in [-0.15, -0.1) is 0 Å². The van der Waals surface area contributed by atoms with E-state index in [1.165, 1.54) is 24.5 Å². The molecule has 0 fully saturated rings. The number of carboxylic acid groups (broad SMARTS) is 1. The number of carboxylic acids is 1. The highest BCUT2D eigenvalue weighted by atomic mass is 16.5. The van der Waals surface area contributed by atoms with Crippen LogP contribution >= 0.6 is 0 Å². The first kappa shape index (κ1) is 11.7. The zero-order chi connectivity index (χ0) is 13.0. The molecular weight excluding hydrogens is 236 g/mol. The fraction of sp³-hybridized carbons (Fsp3) is 0. The normalized spacial score (nSPS) is 9.78. The molecule has 0 atom stereocenters. The first-order chi connectivity index (χ1) is 8.68. The van der Waals surface area contributed by atoms with Gasteiger partial charge in [0.15, 0.2) is 0 Å². The van der Waals surface area contributed by atoms with Crippen LogP contribution in [0.15, 0.2) is 42.7 Å². The van der Waals surface area contributed by atoms with E-state index in [-0.39, 0.29) is 17.1 Å². The second kappa shape index (κ2) is 5.05. The first-order valence-electron chi connectivity index (χ1n) is 5.00. The Morgan fingerprint density at radius 1 is 1.06 bits per heavy atom. The van der Waals surface area contributed by atoms with E-state index in [9.17, 15) is 9.59 Å². The minimum atomic E-state index is -1.17. The maximum atomic E-state index is 11.6. The van der Waals surface area contributed by atoms with Gasteiger partial charge in [0.2, 0.25) is 5.82 Å². The van der Waals surface area contributed by atoms with Crippen LogP contribution in [-0.2, 0) is 0 Å². The van der Waals surface area contributed by atoms with Crippen molar-refractivity contribution in [3.05, 3.63) is 54.1 Å². The molecule has 0 spiro atoms. The van der Waals surface area contributed by atoms with Gasteiger partial charge in [-0.3, -0.25) is 0 Å². The summed E-state index contributed by atoms with van der Waals surface area (Å²) in [5.41, 5.74) is -0.0956. The van der Waals surface area contributed by atoms with E-state index in [0.717, 1.165) is 0 Å². The molecule has 2 aromatic rings. The van der Waals surface area contributed by atoms with Crippen LogP contribution in [-0.4, -0.2) is 27.0 Å². The minimum Gasteiger partial charge on any atom is -0.478 e. The molecule has 2 rings (SSSR count). The molecule has 1 aromatic carbocycles. The summed E-state index contributed by atoms with van der Waals surface area (Å²) in [7, 11) is 0. The zero-order valence-corrected chi connectivity index (χ0v) is 9.11. The Morgan fingerprint density at radius 2 is 1.72 bits per heavy atom. The number of carbonyl (C=O) groups excluding carboxylic acids is 1. The van der Waals surface area contributed by atoms with Crippen LogP contribution in [0.5, 0.6) is 5.75 Å². The van der Waals surface area contributed by atoms with Gasteiger partial charge in [-0.25, -0.2) is 19.6 Å². The largest absolute Gasteiger partial charge is 0.478 e. The monoisotopic (exact) mass is 244 g/mol. The molecule has 0 aliphatic rings. The van der Waals surface area contributed by atoms with Gasteiger partial charge in [0, 0.05) is 12.4 Å². The number of rotatable bonds is 3. The number of hydrogen-bond acceptors (Lipinski definition) is 5. The molecule has 0 saturated carbocycles. The van der Waals surface area contributed by atoms with Crippen molar-refractivity contribution < 1.29 is 19.4 Å². The Kier molecular flexibility index (Phi) is 3.29. The van der Waals surface area contributed by atoms with Gasteiger partial charge < -0.3 is 9.84 Å². The van der Waals surface area contributed by atoms with Crippen LogP contribution in [0.3, 0.4) is 0 Å². The SMILES string of the molecule is O=C(Oc1ccccc1C(=O)O)c1ncccn1. The average Bonchev–Trinajstić information content (AvgIpc) is 2.40. The van der Waals surface area contributed by atoms with Gasteiger partial charge in [0.25, 0.3) is 0 Å². The lowest BCUT2D eigenvalue weighted by atomic mass is 10.2.